The minimum absolute atomic E-state index is 0.254. The average molecular weight is 160 g/mol. The Bertz CT molecular complexity index is 116. The summed E-state index contributed by atoms with van der Waals surface area (Å²) in [7, 11) is 0. The molecule has 1 rings (SSSR count). The second-order valence-electron chi connectivity index (χ2n) is 2.39. The zero-order valence-corrected chi connectivity index (χ0v) is 6.89. The van der Waals surface area contributed by atoms with Gasteiger partial charge in [-0.2, -0.15) is 11.8 Å². The lowest BCUT2D eigenvalue weighted by Gasteiger charge is -2.26. The highest BCUT2D eigenvalue weighted by Gasteiger charge is 2.21. The number of hydrogen-bond acceptors (Lipinski definition) is 3. The lowest BCUT2D eigenvalue weighted by molar-refractivity contribution is -0.108. The van der Waals surface area contributed by atoms with Crippen LogP contribution in [-0.2, 0) is 9.53 Å². The van der Waals surface area contributed by atoms with Gasteiger partial charge in [0.2, 0.25) is 0 Å². The van der Waals surface area contributed by atoms with Gasteiger partial charge in [-0.3, -0.25) is 0 Å². The predicted octanol–water partition coefficient (Wildman–Crippen LogP) is 1.10. The maximum atomic E-state index is 10.1. The van der Waals surface area contributed by atoms with Crippen LogP contribution in [0.2, 0.25) is 0 Å². The van der Waals surface area contributed by atoms with E-state index in [1.807, 2.05) is 18.7 Å². The zero-order chi connectivity index (χ0) is 7.40. The minimum atomic E-state index is 0.254. The molecule has 1 fully saturated rings. The van der Waals surface area contributed by atoms with Crippen LogP contribution in [0.5, 0.6) is 0 Å². The van der Waals surface area contributed by atoms with Crippen LogP contribution in [0.15, 0.2) is 0 Å². The van der Waals surface area contributed by atoms with Crippen LogP contribution >= 0.6 is 11.8 Å². The molecule has 0 aliphatic carbocycles. The second kappa shape index (κ2) is 3.98. The van der Waals surface area contributed by atoms with E-state index in [1.165, 1.54) is 0 Å². The van der Waals surface area contributed by atoms with Gasteiger partial charge in [-0.05, 0) is 6.92 Å². The molecule has 58 valence electrons. The summed E-state index contributed by atoms with van der Waals surface area (Å²) in [5.41, 5.74) is 0. The summed E-state index contributed by atoms with van der Waals surface area (Å²) in [4.78, 5) is 10.1. The Hall–Kier alpha value is -0.0200. The number of carbonyl (C=O) groups is 1. The van der Waals surface area contributed by atoms with E-state index < -0.39 is 0 Å². The monoisotopic (exact) mass is 160 g/mol. The van der Waals surface area contributed by atoms with E-state index in [4.69, 9.17) is 4.74 Å². The molecular formula is C7H12O2S. The highest BCUT2D eigenvalue weighted by atomic mass is 32.2. The molecule has 3 heteroatoms. The smallest absolute Gasteiger partial charge is 0.121 e. The standard InChI is InChI=1S/C7H12O2S/c1-6-7(2-3-8)10-5-4-9-6/h3,6-7H,2,4-5H2,1H3. The molecule has 2 atom stereocenters. The molecule has 0 amide bonds. The van der Waals surface area contributed by atoms with E-state index >= 15 is 0 Å². The molecule has 1 aliphatic heterocycles. The molecule has 1 saturated heterocycles. The first-order valence-corrected chi connectivity index (χ1v) is 4.56. The van der Waals surface area contributed by atoms with Gasteiger partial charge in [-0.15, -0.1) is 0 Å². The van der Waals surface area contributed by atoms with Crippen LogP contribution in [0.1, 0.15) is 13.3 Å². The van der Waals surface area contributed by atoms with Crippen LogP contribution in [0.25, 0.3) is 0 Å². The molecule has 0 radical (unpaired) electrons. The fourth-order valence-electron chi connectivity index (χ4n) is 1.03. The van der Waals surface area contributed by atoms with Gasteiger partial charge >= 0.3 is 0 Å². The van der Waals surface area contributed by atoms with Gasteiger partial charge in [-0.1, -0.05) is 0 Å². The van der Waals surface area contributed by atoms with Crippen molar-refractivity contribution in [1.29, 1.82) is 0 Å². The molecule has 0 bridgehead atoms. The Morgan fingerprint density at radius 1 is 1.80 bits per heavy atom. The first-order valence-electron chi connectivity index (χ1n) is 3.51. The van der Waals surface area contributed by atoms with Crippen LogP contribution in [-0.4, -0.2) is 30.0 Å². The molecule has 0 N–H and O–H groups in total. The van der Waals surface area contributed by atoms with Gasteiger partial charge in [0, 0.05) is 17.4 Å². The lowest BCUT2D eigenvalue weighted by Crippen LogP contribution is -2.29. The first-order chi connectivity index (χ1) is 4.84. The van der Waals surface area contributed by atoms with Crippen molar-refractivity contribution in [2.24, 2.45) is 0 Å². The Morgan fingerprint density at radius 3 is 3.20 bits per heavy atom. The Kier molecular flexibility index (Phi) is 3.22. The maximum absolute atomic E-state index is 10.1. The third-order valence-electron chi connectivity index (χ3n) is 1.65. The lowest BCUT2D eigenvalue weighted by atomic mass is 10.2. The fourth-order valence-corrected chi connectivity index (χ4v) is 2.09. The molecule has 2 nitrogen and oxygen atoms in total. The molecule has 1 heterocycles. The van der Waals surface area contributed by atoms with Gasteiger partial charge in [-0.25, -0.2) is 0 Å². The summed E-state index contributed by atoms with van der Waals surface area (Å²) in [6, 6.07) is 0. The average Bonchev–Trinajstić information content (AvgIpc) is 1.94. The maximum Gasteiger partial charge on any atom is 0.121 e. The van der Waals surface area contributed by atoms with Crippen molar-refractivity contribution in [3.63, 3.8) is 0 Å². The summed E-state index contributed by atoms with van der Waals surface area (Å²) >= 11 is 1.84. The number of ether oxygens (including phenoxy) is 1. The van der Waals surface area contributed by atoms with Crippen LogP contribution in [0, 0.1) is 0 Å². The van der Waals surface area contributed by atoms with Crippen molar-refractivity contribution in [1.82, 2.24) is 0 Å². The van der Waals surface area contributed by atoms with E-state index in [0.717, 1.165) is 18.6 Å². The first kappa shape index (κ1) is 8.08. The van der Waals surface area contributed by atoms with Crippen molar-refractivity contribution in [2.75, 3.05) is 12.4 Å². The summed E-state index contributed by atoms with van der Waals surface area (Å²) in [6.07, 6.45) is 1.86. The highest BCUT2D eigenvalue weighted by Crippen LogP contribution is 2.23. The predicted molar refractivity (Wildman–Crippen MR) is 42.3 cm³/mol. The normalized spacial score (nSPS) is 33.7. The van der Waals surface area contributed by atoms with E-state index in [0.29, 0.717) is 11.7 Å². The molecule has 0 aromatic rings. The summed E-state index contributed by atoms with van der Waals surface area (Å²) in [5.74, 6) is 1.03. The van der Waals surface area contributed by atoms with E-state index in [-0.39, 0.29) is 6.10 Å². The summed E-state index contributed by atoms with van der Waals surface area (Å²) in [5, 5.41) is 0.395. The largest absolute Gasteiger partial charge is 0.376 e. The number of hydrogen-bond donors (Lipinski definition) is 0. The SMILES string of the molecule is CC1OCCSC1CC=O. The summed E-state index contributed by atoms with van der Waals surface area (Å²) < 4.78 is 5.36. The molecule has 0 aromatic carbocycles. The topological polar surface area (TPSA) is 26.3 Å². The number of thioether (sulfide) groups is 1. The van der Waals surface area contributed by atoms with Gasteiger partial charge in [0.05, 0.1) is 12.7 Å². The van der Waals surface area contributed by atoms with Gasteiger partial charge in [0.25, 0.3) is 0 Å². The van der Waals surface area contributed by atoms with E-state index in [2.05, 4.69) is 0 Å². The number of rotatable bonds is 2. The molecule has 0 saturated carbocycles. The van der Waals surface area contributed by atoms with Gasteiger partial charge < -0.3 is 9.53 Å². The zero-order valence-electron chi connectivity index (χ0n) is 6.08. The highest BCUT2D eigenvalue weighted by molar-refractivity contribution is 8.00. The summed E-state index contributed by atoms with van der Waals surface area (Å²) in [6.45, 7) is 2.86. The second-order valence-corrected chi connectivity index (χ2v) is 3.73. The van der Waals surface area contributed by atoms with Crippen LogP contribution < -0.4 is 0 Å². The van der Waals surface area contributed by atoms with Crippen molar-refractivity contribution in [3.8, 4) is 0 Å². The molecule has 10 heavy (non-hydrogen) atoms. The van der Waals surface area contributed by atoms with Crippen molar-refractivity contribution in [3.05, 3.63) is 0 Å². The Morgan fingerprint density at radius 2 is 2.60 bits per heavy atom. The minimum Gasteiger partial charge on any atom is -0.376 e. The van der Waals surface area contributed by atoms with Gasteiger partial charge in [0.1, 0.15) is 6.29 Å². The quantitative estimate of drug-likeness (QED) is 0.566. The fraction of sp³-hybridized carbons (Fsp3) is 0.857. The molecule has 0 aromatic heterocycles. The number of carbonyl (C=O) groups excluding carboxylic acids is 1. The molecule has 0 spiro atoms. The van der Waals surface area contributed by atoms with Crippen molar-refractivity contribution in [2.45, 2.75) is 24.7 Å². The number of aldehydes is 1. The Balaban J connectivity index is 2.32. The van der Waals surface area contributed by atoms with Crippen LogP contribution in [0.3, 0.4) is 0 Å². The molecule has 1 aliphatic rings. The van der Waals surface area contributed by atoms with Crippen molar-refractivity contribution < 1.29 is 9.53 Å². The van der Waals surface area contributed by atoms with Gasteiger partial charge in [0.15, 0.2) is 0 Å². The van der Waals surface area contributed by atoms with E-state index in [1.54, 1.807) is 0 Å². The van der Waals surface area contributed by atoms with Crippen molar-refractivity contribution >= 4 is 18.0 Å². The third kappa shape index (κ3) is 1.99. The van der Waals surface area contributed by atoms with Crippen LogP contribution in [0.4, 0.5) is 0 Å². The molecule has 2 unspecified atom stereocenters. The van der Waals surface area contributed by atoms with E-state index in [9.17, 15) is 4.79 Å². The molecular weight excluding hydrogens is 148 g/mol. The Labute approximate surface area is 65.3 Å². The third-order valence-corrected chi connectivity index (χ3v) is 3.05.